The van der Waals surface area contributed by atoms with Crippen molar-refractivity contribution >= 4 is 11.6 Å². The summed E-state index contributed by atoms with van der Waals surface area (Å²) in [7, 11) is 1.61. The highest BCUT2D eigenvalue weighted by Gasteiger charge is 2.48. The maximum atomic E-state index is 12.5. The number of ketones is 2. The van der Waals surface area contributed by atoms with Gasteiger partial charge in [-0.1, -0.05) is 17.2 Å². The van der Waals surface area contributed by atoms with Crippen LogP contribution in [-0.2, 0) is 20.7 Å². The normalized spacial score (nSPS) is 21.8. The van der Waals surface area contributed by atoms with Crippen LogP contribution in [0, 0.1) is 6.92 Å². The lowest BCUT2D eigenvalue weighted by Gasteiger charge is -2.28. The van der Waals surface area contributed by atoms with E-state index in [1.54, 1.807) is 46.1 Å². The van der Waals surface area contributed by atoms with Crippen LogP contribution in [0.25, 0.3) is 0 Å². The summed E-state index contributed by atoms with van der Waals surface area (Å²) in [5, 5.41) is 20.0. The number of allylic oxidation sites excluding steroid dienone is 4. The number of phenolic OH excluding ortho intramolecular Hbond substituents is 1. The Morgan fingerprint density at radius 1 is 1.29 bits per heavy atom. The van der Waals surface area contributed by atoms with Crippen molar-refractivity contribution in [3.05, 3.63) is 46.6 Å². The predicted octanol–water partition coefficient (Wildman–Crippen LogP) is 5.16. The number of aromatic hydroxyl groups is 1. The largest absolute Gasteiger partial charge is 0.508 e. The van der Waals surface area contributed by atoms with Crippen molar-refractivity contribution in [3.8, 4) is 11.5 Å². The third-order valence-electron chi connectivity index (χ3n) is 6.45. The Hall–Kier alpha value is -2.44. The minimum absolute atomic E-state index is 0.0247. The summed E-state index contributed by atoms with van der Waals surface area (Å²) in [5.74, 6) is 1.00. The Balaban J connectivity index is 1.87. The molecule has 2 atom stereocenters. The first-order valence-corrected chi connectivity index (χ1v) is 11.9. The molecule has 6 heteroatoms. The summed E-state index contributed by atoms with van der Waals surface area (Å²) in [4.78, 5) is 24.9. The van der Waals surface area contributed by atoms with Crippen LogP contribution >= 0.6 is 0 Å². The molecule has 0 spiro atoms. The third kappa shape index (κ3) is 7.54. The molecule has 1 fully saturated rings. The summed E-state index contributed by atoms with van der Waals surface area (Å²) in [5.41, 5.74) is 1.74. The lowest BCUT2D eigenvalue weighted by Crippen LogP contribution is -2.38. The molecule has 2 N–H and O–H groups in total. The van der Waals surface area contributed by atoms with Gasteiger partial charge < -0.3 is 19.7 Å². The molecule has 188 valence electrons. The summed E-state index contributed by atoms with van der Waals surface area (Å²) in [6, 6.07) is 3.35. The molecule has 0 unspecified atom stereocenters. The molecule has 0 aromatic heterocycles. The van der Waals surface area contributed by atoms with Gasteiger partial charge in [-0.25, -0.2) is 0 Å². The lowest BCUT2D eigenvalue weighted by atomic mass is 9.91. The average molecular weight is 473 g/mol. The molecule has 0 amide bonds. The maximum absolute atomic E-state index is 12.5. The molecule has 34 heavy (non-hydrogen) atoms. The Morgan fingerprint density at radius 3 is 2.56 bits per heavy atom. The van der Waals surface area contributed by atoms with E-state index in [1.165, 1.54) is 0 Å². The maximum Gasteiger partial charge on any atom is 0.167 e. The van der Waals surface area contributed by atoms with Gasteiger partial charge in [-0.15, -0.1) is 0 Å². The fourth-order valence-corrected chi connectivity index (χ4v) is 4.40. The van der Waals surface area contributed by atoms with Gasteiger partial charge >= 0.3 is 0 Å². The van der Waals surface area contributed by atoms with Crippen molar-refractivity contribution in [2.75, 3.05) is 7.11 Å². The van der Waals surface area contributed by atoms with Crippen LogP contribution in [0.3, 0.4) is 0 Å². The molecule has 0 radical (unpaired) electrons. The molecule has 1 aliphatic heterocycles. The number of carbonyl (C=O) groups excluding carboxylic acids is 2. The minimum Gasteiger partial charge on any atom is -0.508 e. The Morgan fingerprint density at radius 2 is 1.97 bits per heavy atom. The Bertz CT molecular complexity index is 966. The van der Waals surface area contributed by atoms with Gasteiger partial charge in [0, 0.05) is 18.4 Å². The van der Waals surface area contributed by atoms with Gasteiger partial charge in [-0.05, 0) is 91.0 Å². The van der Waals surface area contributed by atoms with E-state index in [1.807, 2.05) is 26.8 Å². The second kappa shape index (κ2) is 11.3. The fourth-order valence-electron chi connectivity index (χ4n) is 4.40. The van der Waals surface area contributed by atoms with Crippen LogP contribution in [-0.4, -0.2) is 46.2 Å². The molecule has 2 rings (SSSR count). The monoisotopic (exact) mass is 472 g/mol. The number of aliphatic hydroxyl groups is 1. The number of hydrogen-bond donors (Lipinski definition) is 2. The number of Topliss-reactive ketones (excluding diaryl/α,β-unsaturated/α-hetero) is 1. The number of methoxy groups -OCH3 is 1. The number of aryl methyl sites for hydroxylation is 1. The van der Waals surface area contributed by atoms with Crippen molar-refractivity contribution < 1.29 is 29.3 Å². The van der Waals surface area contributed by atoms with Crippen molar-refractivity contribution in [2.45, 2.75) is 97.4 Å². The smallest absolute Gasteiger partial charge is 0.167 e. The van der Waals surface area contributed by atoms with Crippen molar-refractivity contribution in [3.63, 3.8) is 0 Å². The van der Waals surface area contributed by atoms with Gasteiger partial charge in [0.25, 0.3) is 0 Å². The van der Waals surface area contributed by atoms with E-state index in [0.29, 0.717) is 25.7 Å². The topological polar surface area (TPSA) is 93.1 Å². The lowest BCUT2D eigenvalue weighted by molar-refractivity contribution is -0.141. The highest BCUT2D eigenvalue weighted by Crippen LogP contribution is 2.36. The van der Waals surface area contributed by atoms with E-state index in [4.69, 9.17) is 9.47 Å². The number of phenols is 1. The number of hydrogen-bond acceptors (Lipinski definition) is 6. The molecular formula is C28H40O6. The second-order valence-electron chi connectivity index (χ2n) is 10.3. The van der Waals surface area contributed by atoms with E-state index in [-0.39, 0.29) is 23.7 Å². The van der Waals surface area contributed by atoms with Gasteiger partial charge in [-0.2, -0.15) is 0 Å². The molecule has 6 nitrogen and oxygen atoms in total. The van der Waals surface area contributed by atoms with E-state index in [2.05, 4.69) is 0 Å². The van der Waals surface area contributed by atoms with E-state index >= 15 is 0 Å². The SMILES string of the molecule is COc1c(C)cc(O)cc1CC=C(C)CC(=O)C=C(C)CCC[C@]1(C)O[C@@H](C(C)(C)O)CC1=O. The van der Waals surface area contributed by atoms with Gasteiger partial charge in [-0.3, -0.25) is 9.59 Å². The number of benzene rings is 1. The average Bonchev–Trinajstić information content (AvgIpc) is 3.01. The van der Waals surface area contributed by atoms with E-state index in [9.17, 15) is 19.8 Å². The van der Waals surface area contributed by atoms with E-state index in [0.717, 1.165) is 34.4 Å². The minimum atomic E-state index is -1.05. The molecule has 1 aliphatic rings. The molecule has 0 saturated carbocycles. The van der Waals surface area contributed by atoms with Crippen LogP contribution in [0.5, 0.6) is 11.5 Å². The molecule has 0 aliphatic carbocycles. The van der Waals surface area contributed by atoms with Gasteiger partial charge in [0.15, 0.2) is 11.6 Å². The Labute approximate surface area is 203 Å². The number of carbonyl (C=O) groups is 2. The van der Waals surface area contributed by atoms with Crippen molar-refractivity contribution in [1.82, 2.24) is 0 Å². The predicted molar refractivity (Wildman–Crippen MR) is 133 cm³/mol. The standard InChI is InChI=1S/C28H40O6/c1-18(9-8-12-28(6)24(31)17-25(34-28)27(4,5)32)13-22(29)14-19(2)10-11-21-16-23(30)15-20(3)26(21)33-7/h10,13,15-16,25,30,32H,8-9,11-12,14,17H2,1-7H3/t25-,28+/m1/s1. The quantitative estimate of drug-likeness (QED) is 0.341. The van der Waals surface area contributed by atoms with Gasteiger partial charge in [0.2, 0.25) is 0 Å². The molecule has 1 aromatic carbocycles. The number of ether oxygens (including phenoxy) is 2. The summed E-state index contributed by atoms with van der Waals surface area (Å²) in [6.07, 6.45) is 6.28. The third-order valence-corrected chi connectivity index (χ3v) is 6.45. The first kappa shape index (κ1) is 27.8. The van der Waals surface area contributed by atoms with Crippen LogP contribution in [0.2, 0.25) is 0 Å². The second-order valence-corrected chi connectivity index (χ2v) is 10.3. The molecule has 1 aromatic rings. The zero-order chi connectivity index (χ0) is 25.7. The molecule has 0 bridgehead atoms. The van der Waals surface area contributed by atoms with Crippen molar-refractivity contribution in [2.24, 2.45) is 0 Å². The van der Waals surface area contributed by atoms with Crippen LogP contribution in [0.15, 0.2) is 35.4 Å². The first-order chi connectivity index (χ1) is 15.7. The highest BCUT2D eigenvalue weighted by atomic mass is 16.5. The van der Waals surface area contributed by atoms with Crippen molar-refractivity contribution in [1.29, 1.82) is 0 Å². The summed E-state index contributed by atoms with van der Waals surface area (Å²) >= 11 is 0. The first-order valence-electron chi connectivity index (χ1n) is 11.9. The fraction of sp³-hybridized carbons (Fsp3) is 0.571. The molecule has 1 heterocycles. The summed E-state index contributed by atoms with van der Waals surface area (Å²) < 4.78 is 11.4. The van der Waals surface area contributed by atoms with E-state index < -0.39 is 17.3 Å². The van der Waals surface area contributed by atoms with Crippen LogP contribution in [0.4, 0.5) is 0 Å². The molecule has 1 saturated heterocycles. The van der Waals surface area contributed by atoms with Gasteiger partial charge in [0.1, 0.15) is 17.1 Å². The molecular weight excluding hydrogens is 432 g/mol. The van der Waals surface area contributed by atoms with Crippen LogP contribution < -0.4 is 4.74 Å². The zero-order valence-electron chi connectivity index (χ0n) is 21.7. The van der Waals surface area contributed by atoms with Gasteiger partial charge in [0.05, 0.1) is 18.8 Å². The summed E-state index contributed by atoms with van der Waals surface area (Å²) in [6.45, 7) is 10.8. The zero-order valence-corrected chi connectivity index (χ0v) is 21.7. The highest BCUT2D eigenvalue weighted by molar-refractivity contribution is 5.92. The number of rotatable bonds is 11. The Kier molecular flexibility index (Phi) is 9.26. The van der Waals surface area contributed by atoms with Crippen LogP contribution in [0.1, 0.15) is 77.8 Å².